The fraction of sp³-hybridized carbons (Fsp3) is 0.261. The first-order chi connectivity index (χ1) is 16.0. The van der Waals surface area contributed by atoms with E-state index in [9.17, 15) is 27.2 Å². The highest BCUT2D eigenvalue weighted by atomic mass is 19.3. The number of amides is 1. The molecule has 34 heavy (non-hydrogen) atoms. The molecule has 0 radical (unpaired) electrons. The van der Waals surface area contributed by atoms with Gasteiger partial charge >= 0.3 is 5.97 Å². The van der Waals surface area contributed by atoms with Crippen LogP contribution in [0.15, 0.2) is 36.4 Å². The van der Waals surface area contributed by atoms with Crippen molar-refractivity contribution in [2.45, 2.75) is 32.7 Å². The number of ether oxygens (including phenoxy) is 1. The number of alkyl halides is 2. The lowest BCUT2D eigenvalue weighted by Crippen LogP contribution is -2.27. The first-order valence-corrected chi connectivity index (χ1v) is 10.2. The monoisotopic (exact) mass is 479 g/mol. The average Bonchev–Trinajstić information content (AvgIpc) is 3.12. The number of aromatic nitrogens is 2. The number of rotatable bonds is 8. The highest BCUT2D eigenvalue weighted by Gasteiger charge is 2.31. The molecule has 0 unspecified atom stereocenters. The van der Waals surface area contributed by atoms with E-state index in [0.29, 0.717) is 5.56 Å². The summed E-state index contributed by atoms with van der Waals surface area (Å²) in [5.41, 5.74) is -0.827. The Morgan fingerprint density at radius 3 is 2.38 bits per heavy atom. The van der Waals surface area contributed by atoms with Gasteiger partial charge < -0.3 is 15.2 Å². The van der Waals surface area contributed by atoms with Gasteiger partial charge in [-0.05, 0) is 42.7 Å². The van der Waals surface area contributed by atoms with Crippen molar-refractivity contribution in [1.82, 2.24) is 15.1 Å². The molecule has 0 bridgehead atoms. The number of carbonyl (C=O) groups is 2. The minimum absolute atomic E-state index is 0.00989. The SMILES string of the molecule is CCc1cc(Oc2c(C(=O)N[C@@H](C)c3ccc(C(=O)O)cc3)c(C(F)F)nn2C)cc(F)c1F. The number of nitrogens with zero attached hydrogens (tertiary/aromatic N) is 2. The first-order valence-electron chi connectivity index (χ1n) is 10.2. The standard InChI is InChI=1S/C23H21F4N3O4/c1-4-12-9-15(10-16(24)18(12)25)34-22-17(19(20(26)27)29-30(22)3)21(31)28-11(2)13-5-7-14(8-6-13)23(32)33/h5-11,20H,4H2,1-3H3,(H,28,31)(H,32,33)/t11-/m0/s1. The average molecular weight is 479 g/mol. The molecule has 2 N–H and O–H groups in total. The van der Waals surface area contributed by atoms with Gasteiger partial charge in [0.25, 0.3) is 12.3 Å². The van der Waals surface area contributed by atoms with E-state index in [1.165, 1.54) is 37.4 Å². The molecule has 7 nitrogen and oxygen atoms in total. The van der Waals surface area contributed by atoms with Crippen molar-refractivity contribution in [1.29, 1.82) is 0 Å². The van der Waals surface area contributed by atoms with E-state index >= 15 is 0 Å². The maximum absolute atomic E-state index is 13.9. The van der Waals surface area contributed by atoms with E-state index in [0.717, 1.165) is 10.7 Å². The Kier molecular flexibility index (Phi) is 7.23. The zero-order valence-electron chi connectivity index (χ0n) is 18.4. The lowest BCUT2D eigenvalue weighted by atomic mass is 10.1. The summed E-state index contributed by atoms with van der Waals surface area (Å²) in [5.74, 6) is -4.86. The summed E-state index contributed by atoms with van der Waals surface area (Å²) in [6.45, 7) is 3.18. The topological polar surface area (TPSA) is 93.4 Å². The minimum Gasteiger partial charge on any atom is -0.478 e. The van der Waals surface area contributed by atoms with Gasteiger partial charge in [0.2, 0.25) is 5.88 Å². The lowest BCUT2D eigenvalue weighted by molar-refractivity contribution is 0.0696. The Morgan fingerprint density at radius 2 is 1.82 bits per heavy atom. The van der Waals surface area contributed by atoms with Crippen molar-refractivity contribution in [3.63, 3.8) is 0 Å². The predicted molar refractivity (Wildman–Crippen MR) is 113 cm³/mol. The van der Waals surface area contributed by atoms with Gasteiger partial charge in [0.15, 0.2) is 11.6 Å². The van der Waals surface area contributed by atoms with E-state index < -0.39 is 47.2 Å². The van der Waals surface area contributed by atoms with Crippen LogP contribution in [-0.2, 0) is 13.5 Å². The van der Waals surface area contributed by atoms with Crippen LogP contribution in [0.4, 0.5) is 17.6 Å². The highest BCUT2D eigenvalue weighted by Crippen LogP contribution is 2.34. The van der Waals surface area contributed by atoms with Crippen molar-refractivity contribution in [3.8, 4) is 11.6 Å². The third kappa shape index (κ3) is 5.03. The molecular formula is C23H21F4N3O4. The summed E-state index contributed by atoms with van der Waals surface area (Å²) < 4.78 is 61.6. The van der Waals surface area contributed by atoms with Gasteiger partial charge in [-0.25, -0.2) is 27.0 Å². The Morgan fingerprint density at radius 1 is 1.18 bits per heavy atom. The van der Waals surface area contributed by atoms with Crippen molar-refractivity contribution in [3.05, 3.63) is 76.0 Å². The molecule has 1 atom stereocenters. The molecule has 2 aromatic carbocycles. The smallest absolute Gasteiger partial charge is 0.335 e. The Bertz CT molecular complexity index is 1230. The molecule has 1 aromatic heterocycles. The maximum Gasteiger partial charge on any atom is 0.335 e. The summed E-state index contributed by atoms with van der Waals surface area (Å²) in [4.78, 5) is 24.0. The van der Waals surface area contributed by atoms with Gasteiger partial charge in [-0.2, -0.15) is 5.10 Å². The molecule has 0 saturated heterocycles. The Hall–Kier alpha value is -3.89. The molecule has 180 valence electrons. The maximum atomic E-state index is 13.9. The van der Waals surface area contributed by atoms with Crippen molar-refractivity contribution in [2.75, 3.05) is 0 Å². The van der Waals surface area contributed by atoms with Crippen LogP contribution in [0.3, 0.4) is 0 Å². The molecule has 0 aliphatic rings. The van der Waals surface area contributed by atoms with Crippen molar-refractivity contribution in [2.24, 2.45) is 7.05 Å². The molecule has 3 aromatic rings. The fourth-order valence-corrected chi connectivity index (χ4v) is 3.32. The summed E-state index contributed by atoms with van der Waals surface area (Å²) in [5, 5.41) is 15.2. The van der Waals surface area contributed by atoms with E-state index in [1.54, 1.807) is 13.8 Å². The van der Waals surface area contributed by atoms with Crippen LogP contribution in [0.1, 0.15) is 63.9 Å². The van der Waals surface area contributed by atoms with E-state index in [4.69, 9.17) is 9.84 Å². The predicted octanol–water partition coefficient (Wildman–Crippen LogP) is 5.18. The second-order valence-electron chi connectivity index (χ2n) is 7.45. The van der Waals surface area contributed by atoms with Gasteiger partial charge in [-0.1, -0.05) is 19.1 Å². The summed E-state index contributed by atoms with van der Waals surface area (Å²) in [6, 6.07) is 6.92. The van der Waals surface area contributed by atoms with Gasteiger partial charge in [0, 0.05) is 13.1 Å². The van der Waals surface area contributed by atoms with Crippen LogP contribution in [0.2, 0.25) is 0 Å². The number of carbonyl (C=O) groups excluding carboxylic acids is 1. The van der Waals surface area contributed by atoms with Crippen molar-refractivity contribution < 1.29 is 37.0 Å². The Balaban J connectivity index is 1.95. The van der Waals surface area contributed by atoms with Crippen LogP contribution in [0, 0.1) is 11.6 Å². The third-order valence-corrected chi connectivity index (χ3v) is 5.13. The molecule has 0 saturated carbocycles. The van der Waals surface area contributed by atoms with Crippen LogP contribution < -0.4 is 10.1 Å². The number of aromatic carboxylic acids is 1. The van der Waals surface area contributed by atoms with Gasteiger partial charge in [0.05, 0.1) is 11.6 Å². The molecule has 1 amide bonds. The van der Waals surface area contributed by atoms with E-state index in [1.807, 2.05) is 0 Å². The molecule has 11 heteroatoms. The largest absolute Gasteiger partial charge is 0.478 e. The molecule has 0 aliphatic carbocycles. The number of nitrogens with one attached hydrogen (secondary N) is 1. The quantitative estimate of drug-likeness (QED) is 0.435. The number of carboxylic acid groups (broad SMARTS) is 1. The van der Waals surface area contributed by atoms with Gasteiger partial charge in [0.1, 0.15) is 17.0 Å². The molecule has 0 aliphatic heterocycles. The normalized spacial score (nSPS) is 12.0. The summed E-state index contributed by atoms with van der Waals surface area (Å²) in [7, 11) is 1.27. The number of benzene rings is 2. The molecular weight excluding hydrogens is 458 g/mol. The summed E-state index contributed by atoms with van der Waals surface area (Å²) in [6.07, 6.45) is -2.97. The molecule has 0 fully saturated rings. The van der Waals surface area contributed by atoms with Crippen LogP contribution in [0.25, 0.3) is 0 Å². The van der Waals surface area contributed by atoms with Crippen LogP contribution >= 0.6 is 0 Å². The number of hydrogen-bond donors (Lipinski definition) is 2. The third-order valence-electron chi connectivity index (χ3n) is 5.13. The summed E-state index contributed by atoms with van der Waals surface area (Å²) >= 11 is 0. The van der Waals surface area contributed by atoms with E-state index in [-0.39, 0.29) is 29.2 Å². The second kappa shape index (κ2) is 9.94. The first kappa shape index (κ1) is 24.7. The Labute approximate surface area is 192 Å². The van der Waals surface area contributed by atoms with Gasteiger partial charge in [-0.15, -0.1) is 0 Å². The number of carboxylic acids is 1. The minimum atomic E-state index is -3.12. The molecule has 3 rings (SSSR count). The number of halogens is 4. The number of aryl methyl sites for hydroxylation is 2. The molecule has 1 heterocycles. The van der Waals surface area contributed by atoms with Gasteiger partial charge in [-0.3, -0.25) is 4.79 Å². The molecule has 0 spiro atoms. The lowest BCUT2D eigenvalue weighted by Gasteiger charge is -2.16. The highest BCUT2D eigenvalue weighted by molar-refractivity contribution is 5.98. The zero-order valence-corrected chi connectivity index (χ0v) is 18.4. The van der Waals surface area contributed by atoms with Crippen molar-refractivity contribution >= 4 is 11.9 Å². The van der Waals surface area contributed by atoms with E-state index in [2.05, 4.69) is 10.4 Å². The van der Waals surface area contributed by atoms with Crippen LogP contribution in [0.5, 0.6) is 11.6 Å². The fourth-order valence-electron chi connectivity index (χ4n) is 3.32. The van der Waals surface area contributed by atoms with Crippen LogP contribution in [-0.4, -0.2) is 26.8 Å². The second-order valence-corrected chi connectivity index (χ2v) is 7.45. The number of hydrogen-bond acceptors (Lipinski definition) is 4. The zero-order chi connectivity index (χ0) is 25.2.